The molecule has 0 spiro atoms. The highest BCUT2D eigenvalue weighted by Crippen LogP contribution is 2.40. The van der Waals surface area contributed by atoms with Crippen LogP contribution in [0.1, 0.15) is 32.4 Å². The van der Waals surface area contributed by atoms with Crippen LogP contribution < -0.4 is 4.74 Å². The molecular formula is C22H24N4O3S. The number of aromatic hydroxyl groups is 2. The third-order valence-electron chi connectivity index (χ3n) is 5.31. The molecule has 0 saturated carbocycles. The molecule has 8 heteroatoms. The van der Waals surface area contributed by atoms with Crippen LogP contribution in [0.4, 0.5) is 0 Å². The van der Waals surface area contributed by atoms with E-state index in [9.17, 15) is 10.2 Å². The number of aryl methyl sites for hydroxylation is 1. The lowest BCUT2D eigenvalue weighted by Gasteiger charge is -2.15. The molecule has 0 aliphatic heterocycles. The number of nitrogens with zero attached hydrogens (tertiary/aromatic N) is 4. The van der Waals surface area contributed by atoms with E-state index in [0.29, 0.717) is 28.4 Å². The van der Waals surface area contributed by atoms with Crippen LogP contribution in [0.2, 0.25) is 0 Å². The molecule has 0 bridgehead atoms. The molecule has 0 saturated heterocycles. The summed E-state index contributed by atoms with van der Waals surface area (Å²) in [6, 6.07) is 9.19. The Morgan fingerprint density at radius 2 is 1.90 bits per heavy atom. The summed E-state index contributed by atoms with van der Waals surface area (Å²) in [5, 5.41) is 30.4. The SMILES string of the molecule is CCc1cc(-n2nnc(S)c2-c2ccc(OC)c3c2ccn3C(C)C)c(O)cc1O. The van der Waals surface area contributed by atoms with Gasteiger partial charge in [-0.05, 0) is 50.1 Å². The Bertz CT molecular complexity index is 1240. The first-order valence-electron chi connectivity index (χ1n) is 9.75. The molecule has 2 aromatic carbocycles. The van der Waals surface area contributed by atoms with Crippen molar-refractivity contribution >= 4 is 23.5 Å². The second-order valence-electron chi connectivity index (χ2n) is 7.39. The van der Waals surface area contributed by atoms with Crippen LogP contribution in [0.5, 0.6) is 17.2 Å². The van der Waals surface area contributed by atoms with E-state index in [2.05, 4.69) is 41.4 Å². The van der Waals surface area contributed by atoms with Crippen LogP contribution >= 0.6 is 12.6 Å². The number of thiol groups is 1. The van der Waals surface area contributed by atoms with Crippen molar-refractivity contribution in [3.63, 3.8) is 0 Å². The van der Waals surface area contributed by atoms with Gasteiger partial charge in [-0.1, -0.05) is 12.1 Å². The minimum absolute atomic E-state index is 0.0485. The Hall–Kier alpha value is -3.13. The molecule has 0 unspecified atom stereocenters. The van der Waals surface area contributed by atoms with Crippen LogP contribution in [0.15, 0.2) is 41.6 Å². The monoisotopic (exact) mass is 424 g/mol. The Balaban J connectivity index is 2.01. The average Bonchev–Trinajstić information content (AvgIpc) is 3.32. The van der Waals surface area contributed by atoms with E-state index < -0.39 is 0 Å². The summed E-state index contributed by atoms with van der Waals surface area (Å²) in [5.74, 6) is 0.731. The number of rotatable bonds is 5. The number of methoxy groups -OCH3 is 1. The topological polar surface area (TPSA) is 85.3 Å². The summed E-state index contributed by atoms with van der Waals surface area (Å²) in [7, 11) is 1.66. The van der Waals surface area contributed by atoms with Crippen molar-refractivity contribution in [2.75, 3.05) is 7.11 Å². The van der Waals surface area contributed by atoms with Crippen LogP contribution in [0, 0.1) is 0 Å². The molecule has 0 atom stereocenters. The molecule has 0 aliphatic carbocycles. The maximum absolute atomic E-state index is 10.5. The standard InChI is InChI=1S/C22H24N4O3S/c1-5-13-10-16(18(28)11-17(13)27)26-21(22(30)23-24-26)14-6-7-19(29-4)20-15(14)8-9-25(20)12(2)3/h6-12,27-28,30H,5H2,1-4H3. The van der Waals surface area contributed by atoms with Crippen molar-refractivity contribution < 1.29 is 14.9 Å². The zero-order chi connectivity index (χ0) is 21.6. The number of hydrogen-bond acceptors (Lipinski definition) is 6. The predicted octanol–water partition coefficient (Wildman–Crippen LogP) is 4.74. The summed E-state index contributed by atoms with van der Waals surface area (Å²) >= 11 is 4.54. The minimum atomic E-state index is -0.0892. The van der Waals surface area contributed by atoms with Gasteiger partial charge in [0, 0.05) is 29.3 Å². The summed E-state index contributed by atoms with van der Waals surface area (Å²) < 4.78 is 9.32. The van der Waals surface area contributed by atoms with E-state index in [1.807, 2.05) is 31.3 Å². The second kappa shape index (κ2) is 7.60. The van der Waals surface area contributed by atoms with Gasteiger partial charge in [-0.25, -0.2) is 4.68 Å². The number of phenolic OH excluding ortho intramolecular Hbond substituents is 2. The number of aromatic nitrogens is 4. The predicted molar refractivity (Wildman–Crippen MR) is 119 cm³/mol. The van der Waals surface area contributed by atoms with Crippen molar-refractivity contribution in [2.45, 2.75) is 38.3 Å². The summed E-state index contributed by atoms with van der Waals surface area (Å²) in [6.07, 6.45) is 2.64. The molecule has 30 heavy (non-hydrogen) atoms. The first-order chi connectivity index (χ1) is 14.4. The Labute approximate surface area is 179 Å². The van der Waals surface area contributed by atoms with Crippen molar-refractivity contribution in [1.29, 1.82) is 0 Å². The third kappa shape index (κ3) is 3.08. The third-order valence-corrected chi connectivity index (χ3v) is 5.61. The lowest BCUT2D eigenvalue weighted by Crippen LogP contribution is -2.03. The first-order valence-corrected chi connectivity index (χ1v) is 10.2. The summed E-state index contributed by atoms with van der Waals surface area (Å²) in [4.78, 5) is 0. The quantitative estimate of drug-likeness (QED) is 0.403. The van der Waals surface area contributed by atoms with Gasteiger partial charge in [0.05, 0.1) is 12.6 Å². The van der Waals surface area contributed by atoms with Gasteiger partial charge >= 0.3 is 0 Å². The van der Waals surface area contributed by atoms with Gasteiger partial charge < -0.3 is 19.5 Å². The Morgan fingerprint density at radius 1 is 1.13 bits per heavy atom. The van der Waals surface area contributed by atoms with Gasteiger partial charge in [-0.2, -0.15) is 0 Å². The number of phenols is 2. The van der Waals surface area contributed by atoms with Crippen LogP contribution in [-0.2, 0) is 6.42 Å². The van der Waals surface area contributed by atoms with Gasteiger partial charge in [-0.3, -0.25) is 0 Å². The zero-order valence-electron chi connectivity index (χ0n) is 17.3. The normalized spacial score (nSPS) is 11.5. The van der Waals surface area contributed by atoms with E-state index >= 15 is 0 Å². The van der Waals surface area contributed by atoms with Gasteiger partial charge in [0.2, 0.25) is 0 Å². The smallest absolute Gasteiger partial charge is 0.145 e. The molecule has 2 aromatic heterocycles. The highest BCUT2D eigenvalue weighted by Gasteiger charge is 2.22. The maximum Gasteiger partial charge on any atom is 0.145 e. The van der Waals surface area contributed by atoms with Crippen molar-refractivity contribution in [3.05, 3.63) is 42.1 Å². The molecular weight excluding hydrogens is 400 g/mol. The first kappa shape index (κ1) is 20.2. The number of fused-ring (bicyclic) bond motifs is 1. The summed E-state index contributed by atoms with van der Waals surface area (Å²) in [5.41, 5.74) is 3.62. The molecule has 4 rings (SSSR count). The lowest BCUT2D eigenvalue weighted by molar-refractivity contribution is 0.416. The highest BCUT2D eigenvalue weighted by molar-refractivity contribution is 7.80. The van der Waals surface area contributed by atoms with Gasteiger partial charge in [-0.15, -0.1) is 17.7 Å². The lowest BCUT2D eigenvalue weighted by atomic mass is 10.1. The van der Waals surface area contributed by atoms with Gasteiger partial charge in [0.1, 0.15) is 33.7 Å². The molecule has 0 fully saturated rings. The highest BCUT2D eigenvalue weighted by atomic mass is 32.1. The average molecular weight is 425 g/mol. The zero-order valence-corrected chi connectivity index (χ0v) is 18.2. The van der Waals surface area contributed by atoms with E-state index in [-0.39, 0.29) is 17.5 Å². The number of ether oxygens (including phenoxy) is 1. The maximum atomic E-state index is 10.5. The van der Waals surface area contributed by atoms with Crippen LogP contribution in [0.25, 0.3) is 27.8 Å². The Kier molecular flexibility index (Phi) is 5.11. The second-order valence-corrected chi connectivity index (χ2v) is 7.81. The van der Waals surface area contributed by atoms with Gasteiger partial charge in [0.15, 0.2) is 0 Å². The molecule has 2 N–H and O–H groups in total. The van der Waals surface area contributed by atoms with Crippen LogP contribution in [-0.4, -0.2) is 36.9 Å². The van der Waals surface area contributed by atoms with E-state index in [1.54, 1.807) is 17.9 Å². The minimum Gasteiger partial charge on any atom is -0.508 e. The molecule has 0 radical (unpaired) electrons. The molecule has 0 aliphatic rings. The van der Waals surface area contributed by atoms with E-state index in [1.165, 1.54) is 6.07 Å². The van der Waals surface area contributed by atoms with Crippen LogP contribution in [0.3, 0.4) is 0 Å². The Morgan fingerprint density at radius 3 is 2.57 bits per heavy atom. The molecule has 4 aromatic rings. The van der Waals surface area contributed by atoms with Gasteiger partial charge in [0.25, 0.3) is 0 Å². The van der Waals surface area contributed by atoms with E-state index in [0.717, 1.165) is 22.2 Å². The van der Waals surface area contributed by atoms with E-state index in [4.69, 9.17) is 4.74 Å². The molecule has 7 nitrogen and oxygen atoms in total. The van der Waals surface area contributed by atoms with Crippen molar-refractivity contribution in [3.8, 4) is 34.2 Å². The van der Waals surface area contributed by atoms with Crippen molar-refractivity contribution in [1.82, 2.24) is 19.6 Å². The summed E-state index contributed by atoms with van der Waals surface area (Å²) in [6.45, 7) is 6.16. The fourth-order valence-electron chi connectivity index (χ4n) is 3.79. The fraction of sp³-hybridized carbons (Fsp3) is 0.273. The fourth-order valence-corrected chi connectivity index (χ4v) is 4.05. The molecule has 0 amide bonds. The number of benzene rings is 2. The largest absolute Gasteiger partial charge is 0.508 e. The molecule has 156 valence electrons. The molecule has 2 heterocycles. The van der Waals surface area contributed by atoms with Crippen molar-refractivity contribution in [2.24, 2.45) is 0 Å². The number of hydrogen-bond donors (Lipinski definition) is 3.